The molecule has 0 amide bonds. The van der Waals surface area contributed by atoms with E-state index in [1.165, 1.54) is 32.1 Å². The first-order valence-corrected chi connectivity index (χ1v) is 14.3. The van der Waals surface area contributed by atoms with Crippen LogP contribution < -0.4 is 0 Å². The largest absolute Gasteiger partial charge is 0.307 e. The number of Topliss-reactive ketones (excluding diaryl/α,β-unsaturated/α-hetero) is 2. The SMILES string of the molecule is [C-]#[N+]C1=C[C@@]2(C)C(CC[C@]3(C)C2CC(=O)[C@@H]2[C@@H]4CC(C)(C)CC[C@]4(CC)CC[C@]23C)C(C)(C)C1=O. The van der Waals surface area contributed by atoms with Crippen molar-refractivity contribution in [3.05, 3.63) is 23.2 Å². The summed E-state index contributed by atoms with van der Waals surface area (Å²) in [5.74, 6) is 1.51. The molecule has 3 heteroatoms. The second kappa shape index (κ2) is 7.33. The predicted octanol–water partition coefficient (Wildman–Crippen LogP) is 8.05. The minimum Gasteiger partial charge on any atom is -0.307 e. The van der Waals surface area contributed by atoms with Gasteiger partial charge in [-0.05, 0) is 89.8 Å². The van der Waals surface area contributed by atoms with Crippen LogP contribution in [0, 0.1) is 62.7 Å². The molecular formula is C32H47NO2. The van der Waals surface area contributed by atoms with Crippen LogP contribution in [0.1, 0.15) is 113 Å². The van der Waals surface area contributed by atoms with Gasteiger partial charge < -0.3 is 4.79 Å². The molecule has 0 aliphatic heterocycles. The van der Waals surface area contributed by atoms with Crippen LogP contribution in [-0.2, 0) is 9.59 Å². The molecule has 0 bridgehead atoms. The van der Waals surface area contributed by atoms with Crippen molar-refractivity contribution in [3.8, 4) is 0 Å². The zero-order valence-electron chi connectivity index (χ0n) is 23.5. The zero-order chi connectivity index (χ0) is 25.8. The summed E-state index contributed by atoms with van der Waals surface area (Å²) in [4.78, 5) is 31.3. The summed E-state index contributed by atoms with van der Waals surface area (Å²) in [6, 6.07) is 0. The molecular weight excluding hydrogens is 430 g/mol. The minimum atomic E-state index is -0.553. The van der Waals surface area contributed by atoms with Crippen molar-refractivity contribution >= 4 is 11.6 Å². The Balaban J connectivity index is 1.63. The standard InChI is InChI=1S/C32H47NO2/c1-10-32-15-13-27(2,3)18-20(32)25-22(34)17-24-29(6)19-21(33-9)26(35)28(4,5)23(29)11-12-30(24,7)31(25,8)14-16-32/h19-20,23-25H,10-18H2,1-8H3/t20-,23?,24?,25-,29-,30+,31+,32+/m0/s1. The number of carbonyl (C=O) groups is 2. The number of hydrogen-bond donors (Lipinski definition) is 0. The van der Waals surface area contributed by atoms with Gasteiger partial charge in [-0.15, -0.1) is 0 Å². The second-order valence-electron chi connectivity index (χ2n) is 15.4. The van der Waals surface area contributed by atoms with E-state index in [2.05, 4.69) is 60.2 Å². The number of carbonyl (C=O) groups excluding carboxylic acids is 2. The minimum absolute atomic E-state index is 0.000338. The summed E-state index contributed by atoms with van der Waals surface area (Å²) in [5.41, 5.74) is 0.122. The Bertz CT molecular complexity index is 1040. The lowest BCUT2D eigenvalue weighted by Gasteiger charge is -2.72. The highest BCUT2D eigenvalue weighted by Gasteiger charge is 2.71. The Morgan fingerprint density at radius 3 is 2.20 bits per heavy atom. The van der Waals surface area contributed by atoms with E-state index in [9.17, 15) is 9.59 Å². The molecule has 5 rings (SSSR count). The quantitative estimate of drug-likeness (QED) is 0.358. The maximum Gasteiger partial charge on any atom is 0.226 e. The Kier molecular flexibility index (Phi) is 5.28. The van der Waals surface area contributed by atoms with Crippen molar-refractivity contribution in [2.24, 2.45) is 56.2 Å². The van der Waals surface area contributed by atoms with Crippen LogP contribution >= 0.6 is 0 Å². The Morgan fingerprint density at radius 1 is 0.914 bits per heavy atom. The lowest BCUT2D eigenvalue weighted by molar-refractivity contribution is -0.223. The van der Waals surface area contributed by atoms with Gasteiger partial charge >= 0.3 is 0 Å². The van der Waals surface area contributed by atoms with E-state index >= 15 is 0 Å². The van der Waals surface area contributed by atoms with Gasteiger partial charge in [0, 0.05) is 17.8 Å². The van der Waals surface area contributed by atoms with Gasteiger partial charge in [0.1, 0.15) is 5.78 Å². The van der Waals surface area contributed by atoms with E-state index in [0.717, 1.165) is 19.3 Å². The molecule has 5 aliphatic rings. The van der Waals surface area contributed by atoms with Gasteiger partial charge in [0.25, 0.3) is 0 Å². The van der Waals surface area contributed by atoms with Gasteiger partial charge in [-0.2, -0.15) is 0 Å². The maximum absolute atomic E-state index is 14.4. The topological polar surface area (TPSA) is 38.5 Å². The summed E-state index contributed by atoms with van der Waals surface area (Å²) < 4.78 is 0. The number of allylic oxidation sites excluding steroid dienone is 2. The number of fused-ring (bicyclic) bond motifs is 7. The highest BCUT2D eigenvalue weighted by molar-refractivity contribution is 6.02. The highest BCUT2D eigenvalue weighted by atomic mass is 16.1. The van der Waals surface area contributed by atoms with Crippen LogP contribution in [-0.4, -0.2) is 11.6 Å². The fraction of sp³-hybridized carbons (Fsp3) is 0.844. The first-order chi connectivity index (χ1) is 16.1. The van der Waals surface area contributed by atoms with Crippen LogP contribution in [0.3, 0.4) is 0 Å². The third-order valence-electron chi connectivity index (χ3n) is 13.3. The van der Waals surface area contributed by atoms with Gasteiger partial charge in [-0.1, -0.05) is 67.9 Å². The molecule has 0 saturated heterocycles. The fourth-order valence-corrected chi connectivity index (χ4v) is 11.0. The van der Waals surface area contributed by atoms with Crippen LogP contribution in [0.4, 0.5) is 0 Å². The number of ketones is 2. The van der Waals surface area contributed by atoms with E-state index in [-0.39, 0.29) is 39.8 Å². The molecule has 0 N–H and O–H groups in total. The zero-order valence-corrected chi connectivity index (χ0v) is 23.5. The molecule has 0 radical (unpaired) electrons. The molecule has 0 aromatic rings. The number of nitrogens with zero attached hydrogens (tertiary/aromatic N) is 1. The molecule has 4 saturated carbocycles. The van der Waals surface area contributed by atoms with E-state index < -0.39 is 5.41 Å². The molecule has 4 fully saturated rings. The van der Waals surface area contributed by atoms with Gasteiger partial charge in [0.15, 0.2) is 5.78 Å². The van der Waals surface area contributed by atoms with Gasteiger partial charge in [0.2, 0.25) is 5.70 Å². The summed E-state index contributed by atoms with van der Waals surface area (Å²) >= 11 is 0. The lowest BCUT2D eigenvalue weighted by atomic mass is 9.31. The van der Waals surface area contributed by atoms with Crippen molar-refractivity contribution in [3.63, 3.8) is 0 Å². The van der Waals surface area contributed by atoms with Crippen molar-refractivity contribution in [1.29, 1.82) is 0 Å². The maximum atomic E-state index is 14.4. The Labute approximate surface area is 213 Å². The number of rotatable bonds is 1. The average molecular weight is 478 g/mol. The molecule has 8 atom stereocenters. The van der Waals surface area contributed by atoms with E-state index in [4.69, 9.17) is 6.57 Å². The van der Waals surface area contributed by atoms with Crippen LogP contribution in [0.25, 0.3) is 4.85 Å². The van der Waals surface area contributed by atoms with E-state index in [1.54, 1.807) is 0 Å². The summed E-state index contributed by atoms with van der Waals surface area (Å²) in [6.07, 6.45) is 12.1. The Hall–Kier alpha value is -1.43. The van der Waals surface area contributed by atoms with Crippen LogP contribution in [0.5, 0.6) is 0 Å². The highest BCUT2D eigenvalue weighted by Crippen LogP contribution is 2.76. The monoisotopic (exact) mass is 477 g/mol. The summed E-state index contributed by atoms with van der Waals surface area (Å²) in [7, 11) is 0. The smallest absolute Gasteiger partial charge is 0.226 e. The van der Waals surface area contributed by atoms with Gasteiger partial charge in [0.05, 0.1) is 6.57 Å². The lowest BCUT2D eigenvalue weighted by Crippen LogP contribution is -2.68. The summed E-state index contributed by atoms with van der Waals surface area (Å²) in [5, 5.41) is 0. The van der Waals surface area contributed by atoms with Crippen molar-refractivity contribution in [2.45, 2.75) is 113 Å². The number of hydrogen-bond acceptors (Lipinski definition) is 2. The van der Waals surface area contributed by atoms with Crippen molar-refractivity contribution in [1.82, 2.24) is 0 Å². The Morgan fingerprint density at radius 2 is 1.57 bits per heavy atom. The molecule has 35 heavy (non-hydrogen) atoms. The molecule has 0 aromatic heterocycles. The molecule has 2 unspecified atom stereocenters. The van der Waals surface area contributed by atoms with Gasteiger partial charge in [-0.25, -0.2) is 4.85 Å². The average Bonchev–Trinajstić information content (AvgIpc) is 2.77. The summed E-state index contributed by atoms with van der Waals surface area (Å²) in [6.45, 7) is 26.3. The fourth-order valence-electron chi connectivity index (χ4n) is 11.0. The van der Waals surface area contributed by atoms with E-state index in [1.807, 2.05) is 6.08 Å². The first-order valence-electron chi connectivity index (χ1n) is 14.3. The molecule has 192 valence electrons. The first kappa shape index (κ1) is 25.2. The normalized spacial score (nSPS) is 50.1. The van der Waals surface area contributed by atoms with Crippen molar-refractivity contribution in [2.75, 3.05) is 0 Å². The van der Waals surface area contributed by atoms with Crippen molar-refractivity contribution < 1.29 is 9.59 Å². The van der Waals surface area contributed by atoms with Gasteiger partial charge in [-0.3, -0.25) is 4.79 Å². The van der Waals surface area contributed by atoms with Crippen LogP contribution in [0.15, 0.2) is 11.8 Å². The third kappa shape index (κ3) is 3.01. The molecule has 0 aromatic carbocycles. The molecule has 0 spiro atoms. The van der Waals surface area contributed by atoms with E-state index in [0.29, 0.717) is 34.6 Å². The third-order valence-corrected chi connectivity index (χ3v) is 13.3. The van der Waals surface area contributed by atoms with Crippen LogP contribution in [0.2, 0.25) is 0 Å². The second-order valence-corrected chi connectivity index (χ2v) is 15.4. The predicted molar refractivity (Wildman–Crippen MR) is 140 cm³/mol. The molecule has 5 aliphatic carbocycles. The molecule has 3 nitrogen and oxygen atoms in total. The molecule has 0 heterocycles.